The second kappa shape index (κ2) is 7.79. The Hall–Kier alpha value is -3.81. The number of hydrogen-bond donors (Lipinski definition) is 1. The van der Waals surface area contributed by atoms with Gasteiger partial charge in [0.05, 0.1) is 6.54 Å². The average Bonchev–Trinajstić information content (AvgIpc) is 2.99. The highest BCUT2D eigenvalue weighted by molar-refractivity contribution is 5.98. The lowest BCUT2D eigenvalue weighted by Crippen LogP contribution is -2.20. The summed E-state index contributed by atoms with van der Waals surface area (Å²) in [4.78, 5) is 23.7. The van der Waals surface area contributed by atoms with Crippen molar-refractivity contribution in [3.63, 3.8) is 0 Å². The fourth-order valence-electron chi connectivity index (χ4n) is 3.81. The minimum atomic E-state index is -1.30. The van der Waals surface area contributed by atoms with Crippen LogP contribution < -0.4 is 5.56 Å². The predicted molar refractivity (Wildman–Crippen MR) is 109 cm³/mol. The maximum absolute atomic E-state index is 14.1. The molecule has 0 radical (unpaired) electrons. The van der Waals surface area contributed by atoms with Gasteiger partial charge in [0.15, 0.2) is 11.6 Å². The molecule has 0 aliphatic carbocycles. The molecule has 2 aromatic heterocycles. The smallest absolute Gasteiger partial charge is 0.323 e. The van der Waals surface area contributed by atoms with Crippen LogP contribution in [0.25, 0.3) is 22.0 Å². The second-order valence-electron chi connectivity index (χ2n) is 7.20. The van der Waals surface area contributed by atoms with Crippen molar-refractivity contribution in [2.75, 3.05) is 0 Å². The lowest BCUT2D eigenvalue weighted by Gasteiger charge is -2.11. The number of carboxylic acid groups (broad SMARTS) is 1. The molecule has 31 heavy (non-hydrogen) atoms. The number of para-hydroxylation sites is 1. The van der Waals surface area contributed by atoms with Gasteiger partial charge in [0, 0.05) is 51.6 Å². The molecule has 158 valence electrons. The highest BCUT2D eigenvalue weighted by atomic mass is 19.2. The molecule has 0 bridgehead atoms. The molecule has 4 rings (SSSR count). The van der Waals surface area contributed by atoms with E-state index in [0.29, 0.717) is 17.3 Å². The largest absolute Gasteiger partial charge is 0.480 e. The van der Waals surface area contributed by atoms with E-state index in [2.05, 4.69) is 0 Å². The summed E-state index contributed by atoms with van der Waals surface area (Å²) in [6.45, 7) is 1.26. The number of rotatable bonds is 5. The fourth-order valence-corrected chi connectivity index (χ4v) is 3.81. The fraction of sp³-hybridized carbons (Fsp3) is 0.130. The molecule has 0 unspecified atom stereocenters. The molecule has 0 atom stereocenters. The maximum atomic E-state index is 14.1. The van der Waals surface area contributed by atoms with Gasteiger partial charge in [0.2, 0.25) is 0 Å². The van der Waals surface area contributed by atoms with Crippen LogP contribution in [-0.4, -0.2) is 20.2 Å². The number of carbonyl (C=O) groups is 1. The molecule has 0 aliphatic rings. The van der Waals surface area contributed by atoms with Crippen molar-refractivity contribution in [3.8, 4) is 11.1 Å². The van der Waals surface area contributed by atoms with Crippen LogP contribution in [0.15, 0.2) is 59.5 Å². The summed E-state index contributed by atoms with van der Waals surface area (Å²) in [5, 5.41) is 10.1. The summed E-state index contributed by atoms with van der Waals surface area (Å²) in [5.41, 5.74) is 2.15. The highest BCUT2D eigenvalue weighted by Crippen LogP contribution is 2.34. The minimum Gasteiger partial charge on any atom is -0.480 e. The zero-order valence-corrected chi connectivity index (χ0v) is 16.4. The molecular formula is C23H17F3N2O3. The van der Waals surface area contributed by atoms with E-state index in [1.54, 1.807) is 23.6 Å². The molecule has 1 N–H and O–H groups in total. The Morgan fingerprint density at radius 3 is 2.45 bits per heavy atom. The van der Waals surface area contributed by atoms with Crippen LogP contribution in [0.1, 0.15) is 11.3 Å². The molecular weight excluding hydrogens is 409 g/mol. The number of aromatic nitrogens is 2. The van der Waals surface area contributed by atoms with E-state index in [1.807, 2.05) is 18.2 Å². The Morgan fingerprint density at radius 1 is 1.00 bits per heavy atom. The van der Waals surface area contributed by atoms with E-state index in [4.69, 9.17) is 0 Å². The van der Waals surface area contributed by atoms with E-state index in [0.717, 1.165) is 22.5 Å². The molecule has 5 nitrogen and oxygen atoms in total. The molecule has 8 heteroatoms. The number of aliphatic carboxylic acids is 1. The van der Waals surface area contributed by atoms with E-state index in [-0.39, 0.29) is 18.7 Å². The Bertz CT molecular complexity index is 1390. The third-order valence-electron chi connectivity index (χ3n) is 5.23. The Balaban J connectivity index is 1.85. The summed E-state index contributed by atoms with van der Waals surface area (Å²) in [6, 6.07) is 11.4. The maximum Gasteiger partial charge on any atom is 0.323 e. The summed E-state index contributed by atoms with van der Waals surface area (Å²) in [5.74, 6) is -4.45. The third-order valence-corrected chi connectivity index (χ3v) is 5.23. The average molecular weight is 426 g/mol. The molecule has 0 spiro atoms. The molecule has 0 fully saturated rings. The highest BCUT2D eigenvalue weighted by Gasteiger charge is 2.18. The van der Waals surface area contributed by atoms with E-state index in [9.17, 15) is 27.9 Å². The Labute approximate surface area is 174 Å². The Kier molecular flexibility index (Phi) is 5.14. The first-order chi connectivity index (χ1) is 14.8. The molecule has 0 amide bonds. The van der Waals surface area contributed by atoms with Crippen LogP contribution >= 0.6 is 0 Å². The van der Waals surface area contributed by atoms with E-state index in [1.165, 1.54) is 16.8 Å². The van der Waals surface area contributed by atoms with Crippen molar-refractivity contribution in [2.24, 2.45) is 0 Å². The van der Waals surface area contributed by atoms with Gasteiger partial charge in [0.25, 0.3) is 5.56 Å². The van der Waals surface area contributed by atoms with Gasteiger partial charge in [-0.2, -0.15) is 0 Å². The van der Waals surface area contributed by atoms with Crippen LogP contribution in [0.4, 0.5) is 13.2 Å². The van der Waals surface area contributed by atoms with Gasteiger partial charge < -0.3 is 14.2 Å². The molecule has 0 saturated heterocycles. The first-order valence-corrected chi connectivity index (χ1v) is 9.40. The van der Waals surface area contributed by atoms with Crippen LogP contribution in [0.5, 0.6) is 0 Å². The van der Waals surface area contributed by atoms with Gasteiger partial charge in [0.1, 0.15) is 12.4 Å². The number of carboxylic acids is 1. The van der Waals surface area contributed by atoms with Crippen molar-refractivity contribution in [3.05, 3.63) is 93.8 Å². The lowest BCUT2D eigenvalue weighted by molar-refractivity contribution is -0.137. The zero-order valence-electron chi connectivity index (χ0n) is 16.4. The molecule has 0 saturated carbocycles. The van der Waals surface area contributed by atoms with Gasteiger partial charge in [-0.15, -0.1) is 0 Å². The first kappa shape index (κ1) is 20.5. The van der Waals surface area contributed by atoms with Crippen molar-refractivity contribution < 1.29 is 23.1 Å². The van der Waals surface area contributed by atoms with Gasteiger partial charge in [-0.1, -0.05) is 18.2 Å². The normalized spacial score (nSPS) is 11.2. The van der Waals surface area contributed by atoms with E-state index < -0.39 is 29.0 Å². The summed E-state index contributed by atoms with van der Waals surface area (Å²) in [6.07, 6.45) is 1.50. The Morgan fingerprint density at radius 2 is 1.71 bits per heavy atom. The van der Waals surface area contributed by atoms with Crippen molar-refractivity contribution >= 4 is 16.9 Å². The number of nitrogens with zero attached hydrogens (tertiary/aromatic N) is 2. The number of fused-ring (bicyclic) bond motifs is 1. The SMILES string of the molecule is Cc1c(-c2ccc(=O)n(Cc3cc(F)c(F)cc3F)c2)c2ccccc2n1CC(=O)O. The van der Waals surface area contributed by atoms with Crippen LogP contribution in [0, 0.1) is 24.4 Å². The molecule has 0 aliphatic heterocycles. The van der Waals surface area contributed by atoms with Crippen molar-refractivity contribution in [1.29, 1.82) is 0 Å². The molecule has 2 heterocycles. The second-order valence-corrected chi connectivity index (χ2v) is 7.20. The number of halogens is 3. The third kappa shape index (κ3) is 3.72. The summed E-state index contributed by atoms with van der Waals surface area (Å²) < 4.78 is 43.7. The van der Waals surface area contributed by atoms with Gasteiger partial charge >= 0.3 is 5.97 Å². The predicted octanol–water partition coefficient (Wildman–Crippen LogP) is 4.33. The van der Waals surface area contributed by atoms with E-state index >= 15 is 0 Å². The standard InChI is InChI=1S/C23H17F3N2O3/c1-13-23(16-4-2-3-5-20(16)28(13)12-22(30)31)14-6-7-21(29)27(10-14)11-15-8-18(25)19(26)9-17(15)24/h2-10H,11-12H2,1H3,(H,30,31). The number of benzene rings is 2. The van der Waals surface area contributed by atoms with Crippen LogP contribution in [-0.2, 0) is 17.9 Å². The first-order valence-electron chi connectivity index (χ1n) is 9.40. The van der Waals surface area contributed by atoms with Gasteiger partial charge in [-0.25, -0.2) is 13.2 Å². The quantitative estimate of drug-likeness (QED) is 0.483. The molecule has 2 aromatic carbocycles. The van der Waals surface area contributed by atoms with Crippen molar-refractivity contribution in [2.45, 2.75) is 20.0 Å². The van der Waals surface area contributed by atoms with Crippen LogP contribution in [0.2, 0.25) is 0 Å². The van der Waals surface area contributed by atoms with Crippen LogP contribution in [0.3, 0.4) is 0 Å². The monoisotopic (exact) mass is 426 g/mol. The van der Waals surface area contributed by atoms with Crippen molar-refractivity contribution in [1.82, 2.24) is 9.13 Å². The minimum absolute atomic E-state index is 0.164. The summed E-state index contributed by atoms with van der Waals surface area (Å²) >= 11 is 0. The number of pyridine rings is 1. The molecule has 4 aromatic rings. The lowest BCUT2D eigenvalue weighted by atomic mass is 10.0. The topological polar surface area (TPSA) is 64.2 Å². The van der Waals surface area contributed by atoms with Gasteiger partial charge in [-0.3, -0.25) is 9.59 Å². The zero-order chi connectivity index (χ0) is 22.3. The van der Waals surface area contributed by atoms with Gasteiger partial charge in [-0.05, 0) is 25.1 Å². The summed E-state index contributed by atoms with van der Waals surface area (Å²) in [7, 11) is 0. The number of hydrogen-bond acceptors (Lipinski definition) is 2.